The Labute approximate surface area is 77.7 Å². The molecule has 0 aromatic rings. The molecule has 14 heavy (non-hydrogen) atoms. The summed E-state index contributed by atoms with van der Waals surface area (Å²) in [5, 5.41) is 15.5. The predicted octanol–water partition coefficient (Wildman–Crippen LogP) is 0.233. The molecule has 0 aromatic carbocycles. The number of alkyl halides is 3. The van der Waals surface area contributed by atoms with Gasteiger partial charge in [-0.05, 0) is 13.0 Å². The third-order valence-electron chi connectivity index (χ3n) is 2.50. The topological polar surface area (TPSA) is 53.9 Å². The largest absolute Gasteiger partial charge is 0.458 e. The fraction of sp³-hybridized carbons (Fsp3) is 0.857. The highest BCUT2D eigenvalue weighted by atomic mass is 19.4. The molecular weight excluding hydrogens is 201 g/mol. The van der Waals surface area contributed by atoms with Gasteiger partial charge in [-0.1, -0.05) is 5.16 Å². The van der Waals surface area contributed by atoms with E-state index in [9.17, 15) is 18.3 Å². The van der Waals surface area contributed by atoms with Crippen LogP contribution < -0.4 is 5.32 Å². The number of piperidine rings is 1. The van der Waals surface area contributed by atoms with Crippen LogP contribution >= 0.6 is 0 Å². The predicted molar refractivity (Wildman–Crippen MR) is 40.5 cm³/mol. The Balaban J connectivity index is 2.25. The van der Waals surface area contributed by atoms with Crippen LogP contribution in [0.2, 0.25) is 0 Å². The summed E-state index contributed by atoms with van der Waals surface area (Å²) in [6.07, 6.45) is -4.63. The molecule has 2 atom stereocenters. The number of hydrogen-bond donors (Lipinski definition) is 2. The van der Waals surface area contributed by atoms with Gasteiger partial charge in [0.05, 0.1) is 11.6 Å². The van der Waals surface area contributed by atoms with Gasteiger partial charge in [0.15, 0.2) is 0 Å². The Morgan fingerprint density at radius 2 is 2.29 bits per heavy atom. The van der Waals surface area contributed by atoms with E-state index in [1.165, 1.54) is 0 Å². The lowest BCUT2D eigenvalue weighted by Crippen LogP contribution is -2.55. The molecular formula is C7H9F3N2O2. The van der Waals surface area contributed by atoms with Gasteiger partial charge in [-0.25, -0.2) is 0 Å². The molecule has 2 rings (SSSR count). The Bertz CT molecular complexity index is 279. The summed E-state index contributed by atoms with van der Waals surface area (Å²) < 4.78 is 37.3. The lowest BCUT2D eigenvalue weighted by molar-refractivity contribution is -0.370. The first-order chi connectivity index (χ1) is 6.45. The van der Waals surface area contributed by atoms with Crippen molar-refractivity contribution in [3.8, 4) is 0 Å². The quantitative estimate of drug-likeness (QED) is 0.602. The molecule has 1 saturated heterocycles. The Hall–Kier alpha value is -0.820. The second-order valence-corrected chi connectivity index (χ2v) is 3.39. The van der Waals surface area contributed by atoms with Crippen molar-refractivity contribution in [2.45, 2.75) is 18.4 Å². The van der Waals surface area contributed by atoms with Gasteiger partial charge in [0.2, 0.25) is 0 Å². The molecule has 2 aliphatic rings. The smallest absolute Gasteiger partial charge is 0.350 e. The summed E-state index contributed by atoms with van der Waals surface area (Å²) in [6.45, 7) is 0.661. The van der Waals surface area contributed by atoms with Crippen LogP contribution in [0.1, 0.15) is 6.42 Å². The fourth-order valence-corrected chi connectivity index (χ4v) is 1.71. The number of aliphatic hydroxyl groups is 1. The van der Waals surface area contributed by atoms with Crippen molar-refractivity contribution in [2.24, 2.45) is 11.1 Å². The molecule has 0 aromatic heterocycles. The number of halogens is 3. The minimum atomic E-state index is -4.81. The van der Waals surface area contributed by atoms with Gasteiger partial charge in [-0.3, -0.25) is 0 Å². The maximum atomic E-state index is 12.4. The molecule has 0 bridgehead atoms. The minimum Gasteiger partial charge on any atom is -0.350 e. The van der Waals surface area contributed by atoms with E-state index in [1.807, 2.05) is 0 Å². The number of hydrogen-bond acceptors (Lipinski definition) is 4. The van der Waals surface area contributed by atoms with Gasteiger partial charge in [0, 0.05) is 6.54 Å². The SMILES string of the molecule is OC1(C(F)(F)F)ON=C2CNCCC21. The summed E-state index contributed by atoms with van der Waals surface area (Å²) in [7, 11) is 0. The van der Waals surface area contributed by atoms with Gasteiger partial charge >= 0.3 is 12.0 Å². The molecule has 0 radical (unpaired) electrons. The van der Waals surface area contributed by atoms with Gasteiger partial charge in [-0.15, -0.1) is 0 Å². The Kier molecular flexibility index (Phi) is 1.97. The summed E-state index contributed by atoms with van der Waals surface area (Å²) in [5.41, 5.74) is 0.232. The standard InChI is InChI=1S/C7H9F3N2O2/c8-7(9,10)6(13)4-1-2-11-3-5(4)12-14-6/h4,11,13H,1-3H2. The number of nitrogens with one attached hydrogen (secondary N) is 1. The summed E-state index contributed by atoms with van der Waals surface area (Å²) in [4.78, 5) is 4.13. The van der Waals surface area contributed by atoms with Crippen LogP contribution in [0.4, 0.5) is 13.2 Å². The van der Waals surface area contributed by atoms with Crippen LogP contribution in [0, 0.1) is 5.92 Å². The highest BCUT2D eigenvalue weighted by Gasteiger charge is 2.66. The Morgan fingerprint density at radius 1 is 1.57 bits per heavy atom. The van der Waals surface area contributed by atoms with Crippen molar-refractivity contribution in [2.75, 3.05) is 13.1 Å². The van der Waals surface area contributed by atoms with Crippen molar-refractivity contribution >= 4 is 5.71 Å². The van der Waals surface area contributed by atoms with Gasteiger partial charge in [-0.2, -0.15) is 13.2 Å². The molecule has 7 heteroatoms. The molecule has 0 spiro atoms. The molecule has 2 aliphatic heterocycles. The molecule has 80 valence electrons. The lowest BCUT2D eigenvalue weighted by atomic mass is 9.88. The van der Waals surface area contributed by atoms with Crippen LogP contribution in [0.3, 0.4) is 0 Å². The third kappa shape index (κ3) is 1.19. The van der Waals surface area contributed by atoms with Crippen molar-refractivity contribution in [3.05, 3.63) is 0 Å². The van der Waals surface area contributed by atoms with E-state index in [2.05, 4.69) is 15.3 Å². The van der Waals surface area contributed by atoms with E-state index in [0.29, 0.717) is 6.54 Å². The van der Waals surface area contributed by atoms with Gasteiger partial charge < -0.3 is 15.3 Å². The first kappa shape index (κ1) is 9.72. The van der Waals surface area contributed by atoms with Crippen molar-refractivity contribution < 1.29 is 23.1 Å². The molecule has 0 saturated carbocycles. The van der Waals surface area contributed by atoms with Crippen molar-refractivity contribution in [1.82, 2.24) is 5.32 Å². The normalized spacial score (nSPS) is 37.4. The van der Waals surface area contributed by atoms with Crippen LogP contribution in [0.5, 0.6) is 0 Å². The molecule has 4 nitrogen and oxygen atoms in total. The minimum absolute atomic E-state index is 0.175. The molecule has 2 unspecified atom stereocenters. The van der Waals surface area contributed by atoms with Gasteiger partial charge in [0.1, 0.15) is 0 Å². The summed E-state index contributed by atoms with van der Waals surface area (Å²) >= 11 is 0. The molecule has 1 fully saturated rings. The monoisotopic (exact) mass is 210 g/mol. The van der Waals surface area contributed by atoms with Crippen LogP contribution in [-0.4, -0.2) is 35.9 Å². The van der Waals surface area contributed by atoms with Crippen molar-refractivity contribution in [1.29, 1.82) is 0 Å². The fourth-order valence-electron chi connectivity index (χ4n) is 1.71. The summed E-state index contributed by atoms with van der Waals surface area (Å²) in [5.74, 6) is -4.19. The van der Waals surface area contributed by atoms with Crippen molar-refractivity contribution in [3.63, 3.8) is 0 Å². The van der Waals surface area contributed by atoms with E-state index in [0.717, 1.165) is 0 Å². The maximum absolute atomic E-state index is 12.4. The van der Waals surface area contributed by atoms with Crippen LogP contribution in [-0.2, 0) is 4.84 Å². The van der Waals surface area contributed by atoms with Crippen LogP contribution in [0.25, 0.3) is 0 Å². The highest BCUT2D eigenvalue weighted by molar-refractivity contribution is 5.90. The molecule has 2 N–H and O–H groups in total. The van der Waals surface area contributed by atoms with E-state index in [1.54, 1.807) is 0 Å². The Morgan fingerprint density at radius 3 is 2.93 bits per heavy atom. The zero-order valence-corrected chi connectivity index (χ0v) is 7.14. The summed E-state index contributed by atoms with van der Waals surface area (Å²) in [6, 6.07) is 0. The first-order valence-electron chi connectivity index (χ1n) is 4.20. The van der Waals surface area contributed by atoms with E-state index < -0.39 is 17.9 Å². The average molecular weight is 210 g/mol. The van der Waals surface area contributed by atoms with E-state index in [-0.39, 0.29) is 18.7 Å². The second-order valence-electron chi connectivity index (χ2n) is 3.39. The maximum Gasteiger partial charge on any atom is 0.458 e. The van der Waals surface area contributed by atoms with Crippen LogP contribution in [0.15, 0.2) is 5.16 Å². The highest BCUT2D eigenvalue weighted by Crippen LogP contribution is 2.43. The molecule has 0 amide bonds. The number of rotatable bonds is 0. The number of fused-ring (bicyclic) bond motifs is 1. The molecule has 2 heterocycles. The first-order valence-corrected chi connectivity index (χ1v) is 4.20. The zero-order valence-electron chi connectivity index (χ0n) is 7.14. The van der Waals surface area contributed by atoms with E-state index in [4.69, 9.17) is 0 Å². The average Bonchev–Trinajstić information content (AvgIpc) is 2.45. The number of nitrogens with zero attached hydrogens (tertiary/aromatic N) is 1. The van der Waals surface area contributed by atoms with Gasteiger partial charge in [0.25, 0.3) is 0 Å². The lowest BCUT2D eigenvalue weighted by Gasteiger charge is -2.31. The third-order valence-corrected chi connectivity index (χ3v) is 2.50. The second kappa shape index (κ2) is 2.83. The zero-order chi connectivity index (χ0) is 10.4. The molecule has 0 aliphatic carbocycles. The number of oxime groups is 1. The van der Waals surface area contributed by atoms with E-state index >= 15 is 0 Å².